The lowest BCUT2D eigenvalue weighted by molar-refractivity contribution is -0.140. The number of ether oxygens (including phenoxy) is 1. The Hall–Kier alpha value is -2.18. The molecule has 0 bridgehead atoms. The molecule has 0 aliphatic carbocycles. The van der Waals surface area contributed by atoms with Gasteiger partial charge in [-0.25, -0.2) is 14.8 Å². The molecule has 0 saturated heterocycles. The lowest BCUT2D eigenvalue weighted by Gasteiger charge is -2.18. The predicted molar refractivity (Wildman–Crippen MR) is 63.4 cm³/mol. The zero-order chi connectivity index (χ0) is 13.7. The molecule has 0 aliphatic heterocycles. The Morgan fingerprint density at radius 1 is 1.44 bits per heavy atom. The summed E-state index contributed by atoms with van der Waals surface area (Å²) in [5.41, 5.74) is 0.251. The highest BCUT2D eigenvalue weighted by Crippen LogP contribution is 2.08. The van der Waals surface area contributed by atoms with Crippen LogP contribution in [0, 0.1) is 5.92 Å². The van der Waals surface area contributed by atoms with E-state index in [-0.39, 0.29) is 12.1 Å². The van der Waals surface area contributed by atoms with Gasteiger partial charge in [0.25, 0.3) is 0 Å². The number of carboxylic acids is 1. The van der Waals surface area contributed by atoms with Crippen molar-refractivity contribution in [2.75, 3.05) is 25.6 Å². The third kappa shape index (κ3) is 3.41. The zero-order valence-electron chi connectivity index (χ0n) is 10.5. The maximum absolute atomic E-state index is 11.2. The minimum Gasteiger partial charge on any atom is -0.481 e. The fourth-order valence-corrected chi connectivity index (χ4v) is 1.31. The van der Waals surface area contributed by atoms with Gasteiger partial charge in [0.2, 0.25) is 5.95 Å². The third-order valence-corrected chi connectivity index (χ3v) is 2.37. The molecule has 0 aliphatic rings. The first-order valence-corrected chi connectivity index (χ1v) is 5.30. The van der Waals surface area contributed by atoms with E-state index < -0.39 is 17.9 Å². The molecule has 1 rings (SSSR count). The molecule has 1 unspecified atom stereocenters. The second kappa shape index (κ2) is 5.95. The van der Waals surface area contributed by atoms with Crippen molar-refractivity contribution in [1.29, 1.82) is 0 Å². The number of aliphatic carboxylic acids is 1. The van der Waals surface area contributed by atoms with Crippen LogP contribution < -0.4 is 4.90 Å². The molecule has 98 valence electrons. The van der Waals surface area contributed by atoms with Crippen LogP contribution in [0.2, 0.25) is 0 Å². The fourth-order valence-electron chi connectivity index (χ4n) is 1.31. The van der Waals surface area contributed by atoms with Crippen molar-refractivity contribution >= 4 is 17.9 Å². The van der Waals surface area contributed by atoms with Crippen LogP contribution in [-0.2, 0) is 9.53 Å². The van der Waals surface area contributed by atoms with Crippen molar-refractivity contribution in [1.82, 2.24) is 9.97 Å². The second-order valence-electron chi connectivity index (χ2n) is 3.88. The molecule has 0 fully saturated rings. The van der Waals surface area contributed by atoms with Crippen LogP contribution in [-0.4, -0.2) is 47.7 Å². The monoisotopic (exact) mass is 253 g/mol. The second-order valence-corrected chi connectivity index (χ2v) is 3.88. The molecule has 1 aromatic heterocycles. The summed E-state index contributed by atoms with van der Waals surface area (Å²) < 4.78 is 4.52. The highest BCUT2D eigenvalue weighted by Gasteiger charge is 2.16. The van der Waals surface area contributed by atoms with Crippen LogP contribution >= 0.6 is 0 Å². The van der Waals surface area contributed by atoms with E-state index in [1.54, 1.807) is 18.9 Å². The molecule has 1 N–H and O–H groups in total. The van der Waals surface area contributed by atoms with Gasteiger partial charge in [0.1, 0.15) is 0 Å². The van der Waals surface area contributed by atoms with E-state index in [1.807, 2.05) is 0 Å². The van der Waals surface area contributed by atoms with E-state index in [0.29, 0.717) is 5.95 Å². The van der Waals surface area contributed by atoms with Crippen LogP contribution in [0.4, 0.5) is 5.95 Å². The van der Waals surface area contributed by atoms with E-state index in [0.717, 1.165) is 0 Å². The number of carboxylic acid groups (broad SMARTS) is 1. The van der Waals surface area contributed by atoms with Gasteiger partial charge in [0, 0.05) is 26.0 Å². The maximum Gasteiger partial charge on any atom is 0.341 e. The molecule has 18 heavy (non-hydrogen) atoms. The van der Waals surface area contributed by atoms with Gasteiger partial charge in [0.15, 0.2) is 0 Å². The minimum atomic E-state index is -0.881. The van der Waals surface area contributed by atoms with Gasteiger partial charge in [-0.15, -0.1) is 0 Å². The summed E-state index contributed by atoms with van der Waals surface area (Å²) in [6.07, 6.45) is 2.69. The first kappa shape index (κ1) is 13.9. The molecule has 1 heterocycles. The number of nitrogens with zero attached hydrogens (tertiary/aromatic N) is 3. The van der Waals surface area contributed by atoms with Crippen molar-refractivity contribution in [3.05, 3.63) is 18.0 Å². The van der Waals surface area contributed by atoms with Gasteiger partial charge in [-0.2, -0.15) is 0 Å². The number of anilines is 1. The van der Waals surface area contributed by atoms with Crippen LogP contribution in [0.3, 0.4) is 0 Å². The van der Waals surface area contributed by atoms with Crippen LogP contribution in [0.15, 0.2) is 12.4 Å². The smallest absolute Gasteiger partial charge is 0.341 e. The summed E-state index contributed by atoms with van der Waals surface area (Å²) in [6.45, 7) is 1.88. The Labute approximate surface area is 104 Å². The Morgan fingerprint density at radius 3 is 2.44 bits per heavy atom. The topological polar surface area (TPSA) is 92.6 Å². The Balaban J connectivity index is 2.73. The van der Waals surface area contributed by atoms with Crippen molar-refractivity contribution in [3.8, 4) is 0 Å². The van der Waals surface area contributed by atoms with E-state index in [4.69, 9.17) is 5.11 Å². The quantitative estimate of drug-likeness (QED) is 0.760. The molecule has 1 atom stereocenters. The van der Waals surface area contributed by atoms with Crippen LogP contribution in [0.25, 0.3) is 0 Å². The van der Waals surface area contributed by atoms with Gasteiger partial charge in [-0.3, -0.25) is 4.79 Å². The first-order chi connectivity index (χ1) is 8.45. The van der Waals surface area contributed by atoms with Crippen LogP contribution in [0.5, 0.6) is 0 Å². The van der Waals surface area contributed by atoms with E-state index in [1.165, 1.54) is 19.5 Å². The number of methoxy groups -OCH3 is 1. The summed E-state index contributed by atoms with van der Waals surface area (Å²) in [7, 11) is 2.96. The summed E-state index contributed by atoms with van der Waals surface area (Å²) in [5, 5.41) is 8.80. The number of rotatable bonds is 5. The minimum absolute atomic E-state index is 0.251. The number of carbonyl (C=O) groups is 2. The van der Waals surface area contributed by atoms with Gasteiger partial charge in [0.05, 0.1) is 18.6 Å². The van der Waals surface area contributed by atoms with Gasteiger partial charge in [-0.1, -0.05) is 6.92 Å². The highest BCUT2D eigenvalue weighted by molar-refractivity contribution is 5.88. The fraction of sp³-hybridized carbons (Fsp3) is 0.455. The molecular weight excluding hydrogens is 238 g/mol. The van der Waals surface area contributed by atoms with Crippen LogP contribution in [0.1, 0.15) is 17.3 Å². The molecular formula is C11H15N3O4. The number of hydrogen-bond donors (Lipinski definition) is 1. The molecule has 0 radical (unpaired) electrons. The Bertz CT molecular complexity index is 432. The first-order valence-electron chi connectivity index (χ1n) is 5.30. The third-order valence-electron chi connectivity index (χ3n) is 2.37. The van der Waals surface area contributed by atoms with Gasteiger partial charge < -0.3 is 14.7 Å². The van der Waals surface area contributed by atoms with Crippen molar-refractivity contribution in [2.45, 2.75) is 6.92 Å². The van der Waals surface area contributed by atoms with E-state index >= 15 is 0 Å². The number of aromatic nitrogens is 2. The number of hydrogen-bond acceptors (Lipinski definition) is 6. The van der Waals surface area contributed by atoms with Gasteiger partial charge in [-0.05, 0) is 0 Å². The molecule has 7 heteroatoms. The van der Waals surface area contributed by atoms with Gasteiger partial charge >= 0.3 is 11.9 Å². The Morgan fingerprint density at radius 2 is 2.00 bits per heavy atom. The average molecular weight is 253 g/mol. The largest absolute Gasteiger partial charge is 0.481 e. The molecule has 0 saturated carbocycles. The zero-order valence-corrected chi connectivity index (χ0v) is 10.5. The molecule has 0 amide bonds. The number of esters is 1. The standard InChI is InChI=1S/C11H15N3O4/c1-7(9(15)16)6-14(2)11-12-4-8(5-13-11)10(17)18-3/h4-5,7H,6H2,1-3H3,(H,15,16). The molecule has 0 aromatic carbocycles. The van der Waals surface area contributed by atoms with Crippen molar-refractivity contribution in [2.24, 2.45) is 5.92 Å². The normalized spacial score (nSPS) is 11.7. The van der Waals surface area contributed by atoms with E-state index in [9.17, 15) is 9.59 Å². The van der Waals surface area contributed by atoms with Crippen molar-refractivity contribution < 1.29 is 19.4 Å². The highest BCUT2D eigenvalue weighted by atomic mass is 16.5. The molecule has 0 spiro atoms. The lowest BCUT2D eigenvalue weighted by atomic mass is 10.2. The predicted octanol–water partition coefficient (Wildman–Crippen LogP) is 0.420. The Kier molecular flexibility index (Phi) is 4.59. The molecule has 1 aromatic rings. The van der Waals surface area contributed by atoms with E-state index in [2.05, 4.69) is 14.7 Å². The van der Waals surface area contributed by atoms with Crippen molar-refractivity contribution in [3.63, 3.8) is 0 Å². The molecule has 7 nitrogen and oxygen atoms in total. The average Bonchev–Trinajstić information content (AvgIpc) is 2.37. The summed E-state index contributed by atoms with van der Waals surface area (Å²) >= 11 is 0. The lowest BCUT2D eigenvalue weighted by Crippen LogP contribution is -2.29. The number of carbonyl (C=O) groups excluding carboxylic acids is 1. The summed E-state index contributed by atoms with van der Waals surface area (Å²) in [5.74, 6) is -1.56. The SMILES string of the molecule is COC(=O)c1cnc(N(C)CC(C)C(=O)O)nc1. The summed E-state index contributed by atoms with van der Waals surface area (Å²) in [4.78, 5) is 31.5. The summed E-state index contributed by atoms with van der Waals surface area (Å²) in [6, 6.07) is 0. The maximum atomic E-state index is 11.2.